The standard InChI is InChI=1S/C16H19ClFN5OS/c1-10(15(24)19-14-8-7-11(18)9-13(14)17)25-16-20-21-22-23(16)12-5-3-2-4-6-12/h7-10,12H,2-6H2,1H3,(H,19,24). The van der Waals surface area contributed by atoms with Gasteiger partial charge in [-0.05, 0) is 48.4 Å². The predicted molar refractivity (Wildman–Crippen MR) is 95.3 cm³/mol. The van der Waals surface area contributed by atoms with Crippen LogP contribution in [0.1, 0.15) is 45.1 Å². The normalized spacial score (nSPS) is 16.6. The van der Waals surface area contributed by atoms with E-state index in [9.17, 15) is 9.18 Å². The fourth-order valence-corrected chi connectivity index (χ4v) is 3.93. The van der Waals surface area contributed by atoms with Gasteiger partial charge in [-0.3, -0.25) is 4.79 Å². The Labute approximate surface area is 154 Å². The van der Waals surface area contributed by atoms with Gasteiger partial charge in [0, 0.05) is 0 Å². The molecule has 1 amide bonds. The van der Waals surface area contributed by atoms with Crippen LogP contribution < -0.4 is 5.32 Å². The van der Waals surface area contributed by atoms with Gasteiger partial charge in [-0.2, -0.15) is 0 Å². The summed E-state index contributed by atoms with van der Waals surface area (Å²) in [4.78, 5) is 12.4. The molecule has 3 rings (SSSR count). The smallest absolute Gasteiger partial charge is 0.237 e. The van der Waals surface area contributed by atoms with Gasteiger partial charge in [-0.25, -0.2) is 9.07 Å². The Hall–Kier alpha value is -1.67. The highest BCUT2D eigenvalue weighted by molar-refractivity contribution is 8.00. The summed E-state index contributed by atoms with van der Waals surface area (Å²) in [5, 5.41) is 15.0. The summed E-state index contributed by atoms with van der Waals surface area (Å²) >= 11 is 7.25. The van der Waals surface area contributed by atoms with Crippen molar-refractivity contribution in [3.05, 3.63) is 29.0 Å². The van der Waals surface area contributed by atoms with Gasteiger partial charge in [-0.15, -0.1) is 5.10 Å². The number of thioether (sulfide) groups is 1. The fraction of sp³-hybridized carbons (Fsp3) is 0.500. The Morgan fingerprint density at radius 3 is 2.88 bits per heavy atom. The van der Waals surface area contributed by atoms with E-state index in [1.807, 2.05) is 4.68 Å². The number of hydrogen-bond acceptors (Lipinski definition) is 5. The largest absolute Gasteiger partial charge is 0.324 e. The Kier molecular flexibility index (Phi) is 5.90. The molecule has 1 aromatic carbocycles. The molecule has 1 saturated carbocycles. The van der Waals surface area contributed by atoms with Crippen molar-refractivity contribution in [2.45, 2.75) is 55.5 Å². The lowest BCUT2D eigenvalue weighted by molar-refractivity contribution is -0.115. The average Bonchev–Trinajstić information content (AvgIpc) is 3.06. The van der Waals surface area contributed by atoms with Gasteiger partial charge in [0.05, 0.1) is 22.0 Å². The van der Waals surface area contributed by atoms with E-state index in [-0.39, 0.29) is 10.9 Å². The molecule has 6 nitrogen and oxygen atoms in total. The number of carbonyl (C=O) groups excluding carboxylic acids is 1. The van der Waals surface area contributed by atoms with Crippen LogP contribution in [0.3, 0.4) is 0 Å². The zero-order chi connectivity index (χ0) is 17.8. The lowest BCUT2D eigenvalue weighted by atomic mass is 9.96. The maximum Gasteiger partial charge on any atom is 0.237 e. The SMILES string of the molecule is CC(Sc1nnnn1C1CCCCC1)C(=O)Nc1ccc(F)cc1Cl. The number of rotatable bonds is 5. The summed E-state index contributed by atoms with van der Waals surface area (Å²) in [6.45, 7) is 1.78. The van der Waals surface area contributed by atoms with Crippen LogP contribution in [0.5, 0.6) is 0 Å². The van der Waals surface area contributed by atoms with Crippen molar-refractivity contribution in [3.8, 4) is 0 Å². The van der Waals surface area contributed by atoms with Crippen LogP contribution >= 0.6 is 23.4 Å². The van der Waals surface area contributed by atoms with Gasteiger partial charge < -0.3 is 5.32 Å². The van der Waals surface area contributed by atoms with Crippen LogP contribution in [0, 0.1) is 5.82 Å². The monoisotopic (exact) mass is 383 g/mol. The molecule has 1 atom stereocenters. The molecular formula is C16H19ClFN5OS. The first-order chi connectivity index (χ1) is 12.0. The van der Waals surface area contributed by atoms with E-state index in [4.69, 9.17) is 11.6 Å². The lowest BCUT2D eigenvalue weighted by Gasteiger charge is -2.22. The number of tetrazole rings is 1. The minimum atomic E-state index is -0.447. The molecule has 1 unspecified atom stereocenters. The molecule has 1 aliphatic rings. The number of halogens is 2. The number of benzene rings is 1. The summed E-state index contributed by atoms with van der Waals surface area (Å²) in [5.74, 6) is -0.686. The number of nitrogens with zero attached hydrogens (tertiary/aromatic N) is 4. The van der Waals surface area contributed by atoms with E-state index in [1.165, 1.54) is 49.2 Å². The fourth-order valence-electron chi connectivity index (χ4n) is 2.85. The van der Waals surface area contributed by atoms with Crippen LogP contribution in [0.2, 0.25) is 5.02 Å². The highest BCUT2D eigenvalue weighted by Gasteiger charge is 2.24. The van der Waals surface area contributed by atoms with E-state index in [0.29, 0.717) is 16.9 Å². The van der Waals surface area contributed by atoms with Gasteiger partial charge in [0.2, 0.25) is 11.1 Å². The van der Waals surface area contributed by atoms with E-state index in [0.717, 1.165) is 12.8 Å². The molecule has 0 bridgehead atoms. The average molecular weight is 384 g/mol. The number of nitrogens with one attached hydrogen (secondary N) is 1. The summed E-state index contributed by atoms with van der Waals surface area (Å²) < 4.78 is 14.9. The van der Waals surface area contributed by atoms with Crippen molar-refractivity contribution in [1.82, 2.24) is 20.2 Å². The maximum atomic E-state index is 13.1. The van der Waals surface area contributed by atoms with Gasteiger partial charge in [-0.1, -0.05) is 42.6 Å². The molecule has 9 heteroatoms. The number of carbonyl (C=O) groups is 1. The van der Waals surface area contributed by atoms with E-state index < -0.39 is 11.1 Å². The lowest BCUT2D eigenvalue weighted by Crippen LogP contribution is -2.24. The number of anilines is 1. The van der Waals surface area contributed by atoms with Crippen LogP contribution in [0.25, 0.3) is 0 Å². The zero-order valence-electron chi connectivity index (χ0n) is 13.8. The Morgan fingerprint density at radius 1 is 1.40 bits per heavy atom. The Morgan fingerprint density at radius 2 is 2.16 bits per heavy atom. The first kappa shape index (κ1) is 18.1. The van der Waals surface area contributed by atoms with Gasteiger partial charge in [0.15, 0.2) is 0 Å². The van der Waals surface area contributed by atoms with Crippen LogP contribution in [0.15, 0.2) is 23.4 Å². The maximum absolute atomic E-state index is 13.1. The second-order valence-corrected chi connectivity index (χ2v) is 7.79. The third-order valence-corrected chi connectivity index (χ3v) is 5.58. The third kappa shape index (κ3) is 4.49. The minimum absolute atomic E-state index is 0.164. The highest BCUT2D eigenvalue weighted by Crippen LogP contribution is 2.32. The molecule has 25 heavy (non-hydrogen) atoms. The second-order valence-electron chi connectivity index (χ2n) is 6.07. The van der Waals surface area contributed by atoms with E-state index in [2.05, 4.69) is 20.8 Å². The zero-order valence-corrected chi connectivity index (χ0v) is 15.4. The molecule has 1 N–H and O–H groups in total. The van der Waals surface area contributed by atoms with Crippen molar-refractivity contribution < 1.29 is 9.18 Å². The van der Waals surface area contributed by atoms with Crippen molar-refractivity contribution >= 4 is 35.0 Å². The van der Waals surface area contributed by atoms with Crippen molar-refractivity contribution in [1.29, 1.82) is 0 Å². The molecule has 0 spiro atoms. The second kappa shape index (κ2) is 8.14. The molecule has 0 aliphatic heterocycles. The van der Waals surface area contributed by atoms with Crippen molar-refractivity contribution in [2.75, 3.05) is 5.32 Å². The topological polar surface area (TPSA) is 72.7 Å². The molecule has 2 aromatic rings. The van der Waals surface area contributed by atoms with Crippen LogP contribution in [-0.2, 0) is 4.79 Å². The van der Waals surface area contributed by atoms with E-state index >= 15 is 0 Å². The molecule has 1 aliphatic carbocycles. The Balaban J connectivity index is 1.65. The predicted octanol–water partition coefficient (Wildman–Crippen LogP) is 4.09. The molecule has 1 aromatic heterocycles. The van der Waals surface area contributed by atoms with E-state index in [1.54, 1.807) is 6.92 Å². The quantitative estimate of drug-likeness (QED) is 0.787. The first-order valence-electron chi connectivity index (χ1n) is 8.25. The molecule has 1 heterocycles. The third-order valence-electron chi connectivity index (χ3n) is 4.22. The molecule has 0 radical (unpaired) electrons. The van der Waals surface area contributed by atoms with Gasteiger partial charge in [0.1, 0.15) is 5.82 Å². The minimum Gasteiger partial charge on any atom is -0.324 e. The van der Waals surface area contributed by atoms with Gasteiger partial charge in [0.25, 0.3) is 0 Å². The summed E-state index contributed by atoms with van der Waals surface area (Å²) in [5.41, 5.74) is 0.382. The van der Waals surface area contributed by atoms with Crippen molar-refractivity contribution in [2.24, 2.45) is 0 Å². The number of amides is 1. The summed E-state index contributed by atoms with van der Waals surface area (Å²) in [7, 11) is 0. The van der Waals surface area contributed by atoms with Gasteiger partial charge >= 0.3 is 0 Å². The summed E-state index contributed by atoms with van der Waals surface area (Å²) in [6.07, 6.45) is 5.72. The molecule has 0 saturated heterocycles. The molecule has 134 valence electrons. The highest BCUT2D eigenvalue weighted by atomic mass is 35.5. The first-order valence-corrected chi connectivity index (χ1v) is 9.51. The molecular weight excluding hydrogens is 365 g/mol. The Bertz CT molecular complexity index is 750. The number of hydrogen-bond donors (Lipinski definition) is 1. The number of aromatic nitrogens is 4. The summed E-state index contributed by atoms with van der Waals surface area (Å²) in [6, 6.07) is 4.16. The van der Waals surface area contributed by atoms with Crippen molar-refractivity contribution in [3.63, 3.8) is 0 Å². The van der Waals surface area contributed by atoms with Crippen LogP contribution in [-0.4, -0.2) is 31.4 Å². The van der Waals surface area contributed by atoms with Crippen LogP contribution in [0.4, 0.5) is 10.1 Å². The molecule has 1 fully saturated rings.